The van der Waals surface area contributed by atoms with E-state index in [0.717, 1.165) is 78.9 Å². The maximum atomic E-state index is 5.41. The summed E-state index contributed by atoms with van der Waals surface area (Å²) >= 11 is 0. The van der Waals surface area contributed by atoms with Crippen molar-refractivity contribution in [3.63, 3.8) is 0 Å². The largest absolute Gasteiger partial charge is 0.493 e. The molecule has 188 valence electrons. The standard InChI is InChI=1S/C28H39N5O2/c1-33(2)27-23-9-5-6-10-24(23)31-28(32-27)30-22-14-11-21(12-15-22)19-29-17-7-8-20-13-16-25(34-3)26(18-20)35-4/h5-6,9-10,13,16,18,21-22,29H,7-8,11-12,14-15,17,19H2,1-4H3,(H,30,31,32)/t21-,22+. The highest BCUT2D eigenvalue weighted by molar-refractivity contribution is 5.90. The van der Waals surface area contributed by atoms with E-state index < -0.39 is 0 Å². The van der Waals surface area contributed by atoms with E-state index in [-0.39, 0.29) is 0 Å². The predicted octanol–water partition coefficient (Wildman–Crippen LogP) is 4.91. The van der Waals surface area contributed by atoms with E-state index >= 15 is 0 Å². The van der Waals surface area contributed by atoms with Gasteiger partial charge in [0.2, 0.25) is 5.95 Å². The van der Waals surface area contributed by atoms with Gasteiger partial charge in [0.25, 0.3) is 0 Å². The van der Waals surface area contributed by atoms with Crippen LogP contribution in [-0.2, 0) is 6.42 Å². The van der Waals surface area contributed by atoms with E-state index in [9.17, 15) is 0 Å². The third-order valence-electron chi connectivity index (χ3n) is 6.89. The number of fused-ring (bicyclic) bond motifs is 1. The highest BCUT2D eigenvalue weighted by atomic mass is 16.5. The summed E-state index contributed by atoms with van der Waals surface area (Å²) in [6.07, 6.45) is 6.92. The number of hydrogen-bond donors (Lipinski definition) is 2. The van der Waals surface area contributed by atoms with Crippen LogP contribution < -0.4 is 25.0 Å². The first-order valence-electron chi connectivity index (χ1n) is 12.7. The molecule has 0 amide bonds. The van der Waals surface area contributed by atoms with Crippen molar-refractivity contribution in [2.75, 3.05) is 51.6 Å². The van der Waals surface area contributed by atoms with Crippen LogP contribution in [0, 0.1) is 5.92 Å². The number of aryl methyl sites for hydroxylation is 1. The van der Waals surface area contributed by atoms with Gasteiger partial charge < -0.3 is 25.0 Å². The number of benzene rings is 2. The smallest absolute Gasteiger partial charge is 0.225 e. The van der Waals surface area contributed by atoms with Gasteiger partial charge in [-0.2, -0.15) is 4.98 Å². The second kappa shape index (κ2) is 12.1. The molecule has 1 fully saturated rings. The van der Waals surface area contributed by atoms with Crippen LogP contribution in [0.15, 0.2) is 42.5 Å². The van der Waals surface area contributed by atoms with Crippen molar-refractivity contribution in [3.8, 4) is 11.5 Å². The van der Waals surface area contributed by atoms with Gasteiger partial charge in [-0.1, -0.05) is 18.2 Å². The zero-order valence-corrected chi connectivity index (χ0v) is 21.5. The Labute approximate surface area is 209 Å². The van der Waals surface area contributed by atoms with Gasteiger partial charge in [-0.15, -0.1) is 0 Å². The van der Waals surface area contributed by atoms with E-state index in [1.165, 1.54) is 18.4 Å². The number of rotatable bonds is 11. The second-order valence-electron chi connectivity index (χ2n) is 9.64. The van der Waals surface area contributed by atoms with Gasteiger partial charge >= 0.3 is 0 Å². The van der Waals surface area contributed by atoms with E-state index in [0.29, 0.717) is 6.04 Å². The van der Waals surface area contributed by atoms with Gasteiger partial charge in [-0.05, 0) is 87.4 Å². The molecule has 7 heteroatoms. The van der Waals surface area contributed by atoms with E-state index in [4.69, 9.17) is 19.4 Å². The quantitative estimate of drug-likeness (QED) is 0.380. The Balaban J connectivity index is 1.19. The molecule has 2 N–H and O–H groups in total. The molecule has 4 rings (SSSR count). The minimum atomic E-state index is 0.437. The van der Waals surface area contributed by atoms with Crippen molar-refractivity contribution in [2.45, 2.75) is 44.6 Å². The summed E-state index contributed by atoms with van der Waals surface area (Å²) in [4.78, 5) is 11.6. The first-order chi connectivity index (χ1) is 17.1. The monoisotopic (exact) mass is 477 g/mol. The van der Waals surface area contributed by atoms with Gasteiger partial charge in [-0.3, -0.25) is 0 Å². The lowest BCUT2D eigenvalue weighted by Crippen LogP contribution is -2.32. The number of para-hydroxylation sites is 1. The van der Waals surface area contributed by atoms with Gasteiger partial charge in [-0.25, -0.2) is 4.98 Å². The van der Waals surface area contributed by atoms with Crippen molar-refractivity contribution in [2.24, 2.45) is 5.92 Å². The van der Waals surface area contributed by atoms with Crippen LogP contribution in [0.25, 0.3) is 10.9 Å². The number of anilines is 2. The molecule has 1 heterocycles. The zero-order chi connectivity index (χ0) is 24.6. The summed E-state index contributed by atoms with van der Waals surface area (Å²) in [6.45, 7) is 2.13. The van der Waals surface area contributed by atoms with E-state index in [2.05, 4.69) is 39.8 Å². The number of ether oxygens (including phenoxy) is 2. The molecule has 7 nitrogen and oxygen atoms in total. The first kappa shape index (κ1) is 25.0. The summed E-state index contributed by atoms with van der Waals surface area (Å²) in [7, 11) is 7.42. The summed E-state index contributed by atoms with van der Waals surface area (Å²) in [5, 5.41) is 8.37. The molecule has 0 saturated heterocycles. The Kier molecular flexibility index (Phi) is 8.64. The molecular weight excluding hydrogens is 438 g/mol. The van der Waals surface area contributed by atoms with Crippen LogP contribution in [0.3, 0.4) is 0 Å². The lowest BCUT2D eigenvalue weighted by molar-refractivity contribution is 0.324. The normalized spacial score (nSPS) is 17.8. The van der Waals surface area contributed by atoms with Gasteiger partial charge in [0.15, 0.2) is 11.5 Å². The lowest BCUT2D eigenvalue weighted by atomic mass is 9.86. The molecule has 35 heavy (non-hydrogen) atoms. The number of methoxy groups -OCH3 is 2. The van der Waals surface area contributed by atoms with E-state index in [1.807, 2.05) is 32.3 Å². The fraction of sp³-hybridized carbons (Fsp3) is 0.500. The molecule has 0 spiro atoms. The lowest BCUT2D eigenvalue weighted by Gasteiger charge is -2.29. The molecule has 2 aromatic carbocycles. The highest BCUT2D eigenvalue weighted by Gasteiger charge is 2.22. The van der Waals surface area contributed by atoms with Gasteiger partial charge in [0.1, 0.15) is 5.82 Å². The summed E-state index contributed by atoms with van der Waals surface area (Å²) < 4.78 is 10.7. The zero-order valence-electron chi connectivity index (χ0n) is 21.5. The van der Waals surface area contributed by atoms with Crippen molar-refractivity contribution < 1.29 is 9.47 Å². The van der Waals surface area contributed by atoms with Crippen LogP contribution in [0.5, 0.6) is 11.5 Å². The van der Waals surface area contributed by atoms with Crippen molar-refractivity contribution >= 4 is 22.7 Å². The van der Waals surface area contributed by atoms with Crippen LogP contribution >= 0.6 is 0 Å². The Morgan fingerprint density at radius 1 is 0.943 bits per heavy atom. The number of nitrogens with zero attached hydrogens (tertiary/aromatic N) is 3. The predicted molar refractivity (Wildman–Crippen MR) is 144 cm³/mol. The summed E-state index contributed by atoms with van der Waals surface area (Å²) in [5.41, 5.74) is 2.27. The fourth-order valence-electron chi connectivity index (χ4n) is 4.92. The Morgan fingerprint density at radius 3 is 2.46 bits per heavy atom. The Morgan fingerprint density at radius 2 is 1.71 bits per heavy atom. The fourth-order valence-corrected chi connectivity index (χ4v) is 4.92. The molecule has 0 unspecified atom stereocenters. The molecule has 0 radical (unpaired) electrons. The van der Waals surface area contributed by atoms with Crippen LogP contribution in [0.4, 0.5) is 11.8 Å². The summed E-state index contributed by atoms with van der Waals surface area (Å²) in [5.74, 6) is 4.03. The first-order valence-corrected chi connectivity index (χ1v) is 12.7. The minimum Gasteiger partial charge on any atom is -0.493 e. The highest BCUT2D eigenvalue weighted by Crippen LogP contribution is 2.29. The molecule has 1 aromatic heterocycles. The van der Waals surface area contributed by atoms with Crippen LogP contribution in [-0.4, -0.2) is 57.4 Å². The number of hydrogen-bond acceptors (Lipinski definition) is 7. The number of aromatic nitrogens is 2. The molecule has 1 saturated carbocycles. The Bertz CT molecular complexity index is 1100. The molecule has 0 aliphatic heterocycles. The maximum Gasteiger partial charge on any atom is 0.225 e. The molecule has 1 aliphatic carbocycles. The van der Waals surface area contributed by atoms with Crippen LogP contribution in [0.1, 0.15) is 37.7 Å². The summed E-state index contributed by atoms with van der Waals surface area (Å²) in [6, 6.07) is 14.8. The molecular formula is C28H39N5O2. The van der Waals surface area contributed by atoms with Crippen molar-refractivity contribution in [1.29, 1.82) is 0 Å². The average Bonchev–Trinajstić information content (AvgIpc) is 2.88. The van der Waals surface area contributed by atoms with Crippen LogP contribution in [0.2, 0.25) is 0 Å². The van der Waals surface area contributed by atoms with Crippen molar-refractivity contribution in [1.82, 2.24) is 15.3 Å². The minimum absolute atomic E-state index is 0.437. The number of nitrogens with one attached hydrogen (secondary N) is 2. The molecule has 3 aromatic rings. The SMILES string of the molecule is COc1ccc(CCCNC[C@H]2CC[C@@H](Nc3nc(N(C)C)c4ccccc4n3)CC2)cc1OC. The molecule has 0 bridgehead atoms. The third kappa shape index (κ3) is 6.54. The van der Waals surface area contributed by atoms with Crippen molar-refractivity contribution in [3.05, 3.63) is 48.0 Å². The molecule has 1 aliphatic rings. The van der Waals surface area contributed by atoms with Gasteiger partial charge in [0, 0.05) is 25.5 Å². The topological polar surface area (TPSA) is 71.5 Å². The Hall–Kier alpha value is -3.06. The van der Waals surface area contributed by atoms with Gasteiger partial charge in [0.05, 0.1) is 19.7 Å². The third-order valence-corrected chi connectivity index (χ3v) is 6.89. The maximum absolute atomic E-state index is 5.41. The average molecular weight is 478 g/mol. The molecule has 0 atom stereocenters. The van der Waals surface area contributed by atoms with E-state index in [1.54, 1.807) is 14.2 Å². The second-order valence-corrected chi connectivity index (χ2v) is 9.64.